The van der Waals surface area contributed by atoms with E-state index >= 15 is 0 Å². The Labute approximate surface area is 148 Å². The Kier molecular flexibility index (Phi) is 7.21. The summed E-state index contributed by atoms with van der Waals surface area (Å²) in [5, 5.41) is 17.5. The van der Waals surface area contributed by atoms with Crippen LogP contribution in [-0.2, 0) is 22.4 Å². The molecule has 4 nitrogen and oxygen atoms in total. The lowest BCUT2D eigenvalue weighted by molar-refractivity contribution is -0.138. The Morgan fingerprint density at radius 3 is 1.54 bits per heavy atom. The molecule has 6 heteroatoms. The fourth-order valence-electron chi connectivity index (χ4n) is 2.10. The van der Waals surface area contributed by atoms with Crippen LogP contribution in [-0.4, -0.2) is 22.2 Å². The quantitative estimate of drug-likeness (QED) is 0.639. The lowest BCUT2D eigenvalue weighted by atomic mass is 10.1. The highest BCUT2D eigenvalue weighted by atomic mass is 33.1. The molecule has 0 heterocycles. The number of benzene rings is 2. The maximum Gasteiger partial charge on any atom is 0.303 e. The molecule has 0 aromatic heterocycles. The minimum Gasteiger partial charge on any atom is -0.481 e. The first-order chi connectivity index (χ1) is 11.5. The lowest BCUT2D eigenvalue weighted by Gasteiger charge is -2.06. The summed E-state index contributed by atoms with van der Waals surface area (Å²) in [6, 6.07) is 15.7. The minimum absolute atomic E-state index is 0.132. The average Bonchev–Trinajstić information content (AvgIpc) is 2.57. The van der Waals surface area contributed by atoms with E-state index in [1.54, 1.807) is 21.6 Å². The monoisotopic (exact) mass is 362 g/mol. The van der Waals surface area contributed by atoms with Crippen LogP contribution >= 0.6 is 21.6 Å². The van der Waals surface area contributed by atoms with Crippen LogP contribution < -0.4 is 0 Å². The number of carboxylic acids is 2. The molecule has 2 aromatic rings. The smallest absolute Gasteiger partial charge is 0.303 e. The largest absolute Gasteiger partial charge is 0.481 e. The Bertz CT molecular complexity index is 654. The molecule has 0 fully saturated rings. The fourth-order valence-corrected chi connectivity index (χ4v) is 4.16. The maximum absolute atomic E-state index is 10.6. The summed E-state index contributed by atoms with van der Waals surface area (Å²) in [4.78, 5) is 23.4. The third kappa shape index (κ3) is 6.68. The highest BCUT2D eigenvalue weighted by molar-refractivity contribution is 8.76. The van der Waals surface area contributed by atoms with Gasteiger partial charge in [-0.3, -0.25) is 9.59 Å². The first-order valence-corrected chi connectivity index (χ1v) is 9.64. The molecule has 0 atom stereocenters. The van der Waals surface area contributed by atoms with Crippen LogP contribution in [0.3, 0.4) is 0 Å². The Morgan fingerprint density at radius 2 is 1.17 bits per heavy atom. The van der Waals surface area contributed by atoms with Crippen molar-refractivity contribution in [3.05, 3.63) is 59.7 Å². The molecule has 0 aliphatic rings. The van der Waals surface area contributed by atoms with E-state index in [4.69, 9.17) is 10.2 Å². The van der Waals surface area contributed by atoms with E-state index in [9.17, 15) is 9.59 Å². The third-order valence-corrected chi connectivity index (χ3v) is 5.67. The second-order valence-corrected chi connectivity index (χ2v) is 7.53. The first-order valence-electron chi connectivity index (χ1n) is 7.49. The molecule has 2 rings (SSSR count). The molecule has 0 saturated heterocycles. The van der Waals surface area contributed by atoms with Gasteiger partial charge >= 0.3 is 11.9 Å². The van der Waals surface area contributed by atoms with Gasteiger partial charge in [-0.15, -0.1) is 0 Å². The SMILES string of the molecule is O=C(O)CCc1cccc(SSc2cccc(CCC(=O)O)c2)c1. The van der Waals surface area contributed by atoms with Crippen molar-refractivity contribution in [3.8, 4) is 0 Å². The molecule has 0 bridgehead atoms. The topological polar surface area (TPSA) is 74.6 Å². The molecule has 2 N–H and O–H groups in total. The van der Waals surface area contributed by atoms with Crippen LogP contribution in [0.2, 0.25) is 0 Å². The Hall–Kier alpha value is -1.92. The predicted octanol–water partition coefficient (Wildman–Crippen LogP) is 4.52. The predicted molar refractivity (Wildman–Crippen MR) is 96.5 cm³/mol. The van der Waals surface area contributed by atoms with E-state index in [0.717, 1.165) is 20.9 Å². The molecule has 2 aromatic carbocycles. The van der Waals surface area contributed by atoms with Gasteiger partial charge in [-0.1, -0.05) is 45.9 Å². The number of rotatable bonds is 9. The standard InChI is InChI=1S/C18H18O4S2/c19-17(20)9-7-13-3-1-5-15(11-13)23-24-16-6-2-4-14(12-16)8-10-18(21)22/h1-6,11-12H,7-10H2,(H,19,20)(H,21,22). The summed E-state index contributed by atoms with van der Waals surface area (Å²) in [7, 11) is 3.22. The second-order valence-electron chi connectivity index (χ2n) is 5.25. The molecular formula is C18H18O4S2. The molecule has 0 radical (unpaired) electrons. The number of carboxylic acid groups (broad SMARTS) is 2. The van der Waals surface area contributed by atoms with Crippen molar-refractivity contribution in [2.24, 2.45) is 0 Å². The van der Waals surface area contributed by atoms with Gasteiger partial charge in [0.25, 0.3) is 0 Å². The van der Waals surface area contributed by atoms with E-state index in [0.29, 0.717) is 12.8 Å². The fraction of sp³-hybridized carbons (Fsp3) is 0.222. The first kappa shape index (κ1) is 18.4. The third-order valence-electron chi connectivity index (χ3n) is 3.29. The number of hydrogen-bond acceptors (Lipinski definition) is 4. The molecule has 0 spiro atoms. The normalized spacial score (nSPS) is 10.5. The molecule has 0 unspecified atom stereocenters. The van der Waals surface area contributed by atoms with Gasteiger partial charge in [-0.2, -0.15) is 0 Å². The average molecular weight is 362 g/mol. The van der Waals surface area contributed by atoms with Crippen LogP contribution in [0.15, 0.2) is 58.3 Å². The molecule has 24 heavy (non-hydrogen) atoms. The van der Waals surface area contributed by atoms with Crippen molar-refractivity contribution < 1.29 is 19.8 Å². The van der Waals surface area contributed by atoms with Crippen molar-refractivity contribution in [3.63, 3.8) is 0 Å². The Morgan fingerprint density at radius 1 is 0.750 bits per heavy atom. The highest BCUT2D eigenvalue weighted by Gasteiger charge is 2.04. The summed E-state index contributed by atoms with van der Waals surface area (Å²) in [5.74, 6) is -1.58. The maximum atomic E-state index is 10.6. The summed E-state index contributed by atoms with van der Waals surface area (Å²) in [6.07, 6.45) is 1.32. The van der Waals surface area contributed by atoms with E-state index in [-0.39, 0.29) is 12.8 Å². The van der Waals surface area contributed by atoms with Gasteiger partial charge in [0.15, 0.2) is 0 Å². The molecular weight excluding hydrogens is 344 g/mol. The van der Waals surface area contributed by atoms with Crippen LogP contribution in [0.4, 0.5) is 0 Å². The van der Waals surface area contributed by atoms with Gasteiger partial charge in [-0.25, -0.2) is 0 Å². The van der Waals surface area contributed by atoms with Crippen molar-refractivity contribution in [2.75, 3.05) is 0 Å². The van der Waals surface area contributed by atoms with Crippen molar-refractivity contribution in [2.45, 2.75) is 35.5 Å². The summed E-state index contributed by atoms with van der Waals surface area (Å²) in [6.45, 7) is 0. The van der Waals surface area contributed by atoms with Crippen molar-refractivity contribution in [1.82, 2.24) is 0 Å². The number of aryl methyl sites for hydroxylation is 2. The minimum atomic E-state index is -0.791. The molecule has 0 saturated carbocycles. The highest BCUT2D eigenvalue weighted by Crippen LogP contribution is 2.38. The van der Waals surface area contributed by atoms with Gasteiger partial charge in [-0.05, 0) is 48.2 Å². The Balaban J connectivity index is 1.93. The summed E-state index contributed by atoms with van der Waals surface area (Å²) < 4.78 is 0. The van der Waals surface area contributed by atoms with Gasteiger partial charge in [0.05, 0.1) is 0 Å². The zero-order valence-electron chi connectivity index (χ0n) is 13.0. The van der Waals surface area contributed by atoms with Gasteiger partial charge in [0.1, 0.15) is 0 Å². The zero-order chi connectivity index (χ0) is 17.4. The van der Waals surface area contributed by atoms with Crippen LogP contribution in [0.1, 0.15) is 24.0 Å². The lowest BCUT2D eigenvalue weighted by Crippen LogP contribution is -1.97. The van der Waals surface area contributed by atoms with Gasteiger partial charge < -0.3 is 10.2 Å². The van der Waals surface area contributed by atoms with Crippen molar-refractivity contribution >= 4 is 33.5 Å². The van der Waals surface area contributed by atoms with Crippen LogP contribution in [0.5, 0.6) is 0 Å². The van der Waals surface area contributed by atoms with Crippen LogP contribution in [0, 0.1) is 0 Å². The summed E-state index contributed by atoms with van der Waals surface area (Å²) >= 11 is 0. The molecule has 0 aliphatic heterocycles. The van der Waals surface area contributed by atoms with E-state index < -0.39 is 11.9 Å². The second kappa shape index (κ2) is 9.39. The number of hydrogen-bond donors (Lipinski definition) is 2. The van der Waals surface area contributed by atoms with E-state index in [1.165, 1.54) is 0 Å². The number of aliphatic carboxylic acids is 2. The van der Waals surface area contributed by atoms with E-state index in [2.05, 4.69) is 0 Å². The molecule has 0 aliphatic carbocycles. The molecule has 126 valence electrons. The van der Waals surface area contributed by atoms with E-state index in [1.807, 2.05) is 48.5 Å². The van der Waals surface area contributed by atoms with Gasteiger partial charge in [0, 0.05) is 22.6 Å². The summed E-state index contributed by atoms with van der Waals surface area (Å²) in [5.41, 5.74) is 2.02. The van der Waals surface area contributed by atoms with Crippen LogP contribution in [0.25, 0.3) is 0 Å². The zero-order valence-corrected chi connectivity index (χ0v) is 14.6. The number of carbonyl (C=O) groups is 2. The molecule has 0 amide bonds. The van der Waals surface area contributed by atoms with Gasteiger partial charge in [0.2, 0.25) is 0 Å². The van der Waals surface area contributed by atoms with Crippen molar-refractivity contribution in [1.29, 1.82) is 0 Å².